The molecular formula is C18H23N3O2. The molecule has 0 amide bonds. The molecule has 1 aliphatic heterocycles. The zero-order valence-electron chi connectivity index (χ0n) is 13.4. The molecule has 23 heavy (non-hydrogen) atoms. The summed E-state index contributed by atoms with van der Waals surface area (Å²) in [5.74, 6) is -0.314. The van der Waals surface area contributed by atoms with Crippen LogP contribution in [0.4, 0.5) is 0 Å². The van der Waals surface area contributed by atoms with E-state index in [1.165, 1.54) is 5.56 Å². The van der Waals surface area contributed by atoms with Gasteiger partial charge in [-0.05, 0) is 30.2 Å². The maximum Gasteiger partial charge on any atom is 0.168 e. The number of hydrogen-bond acceptors (Lipinski definition) is 4. The minimum Gasteiger partial charge on any atom is -0.348 e. The van der Waals surface area contributed by atoms with Crippen LogP contribution in [-0.2, 0) is 21.4 Å². The maximum absolute atomic E-state index is 5.91. The van der Waals surface area contributed by atoms with Gasteiger partial charge in [-0.25, -0.2) is 4.98 Å². The van der Waals surface area contributed by atoms with Gasteiger partial charge in [0, 0.05) is 19.4 Å². The van der Waals surface area contributed by atoms with Crippen molar-refractivity contribution < 1.29 is 9.47 Å². The van der Waals surface area contributed by atoms with E-state index < -0.39 is 0 Å². The quantitative estimate of drug-likeness (QED) is 0.871. The van der Waals surface area contributed by atoms with Crippen molar-refractivity contribution in [2.24, 2.45) is 0 Å². The summed E-state index contributed by atoms with van der Waals surface area (Å²) in [6.45, 7) is 2.36. The van der Waals surface area contributed by atoms with E-state index >= 15 is 0 Å². The summed E-state index contributed by atoms with van der Waals surface area (Å²) >= 11 is 0. The molecule has 1 saturated heterocycles. The van der Waals surface area contributed by atoms with Crippen LogP contribution in [0.3, 0.4) is 0 Å². The summed E-state index contributed by atoms with van der Waals surface area (Å²) in [6.07, 6.45) is 8.59. The second-order valence-corrected chi connectivity index (χ2v) is 6.66. The average Bonchev–Trinajstić information content (AvgIpc) is 3.28. The van der Waals surface area contributed by atoms with Gasteiger partial charge < -0.3 is 9.47 Å². The summed E-state index contributed by atoms with van der Waals surface area (Å²) in [4.78, 5) is 4.05. The normalized spacial score (nSPS) is 22.4. The number of ether oxygens (including phenoxy) is 2. The van der Waals surface area contributed by atoms with Gasteiger partial charge in [0.25, 0.3) is 0 Å². The van der Waals surface area contributed by atoms with E-state index in [4.69, 9.17) is 9.47 Å². The first-order valence-corrected chi connectivity index (χ1v) is 8.46. The molecule has 0 unspecified atom stereocenters. The molecule has 0 bridgehead atoms. The molecule has 2 aliphatic rings. The predicted molar refractivity (Wildman–Crippen MR) is 85.9 cm³/mol. The second-order valence-electron chi connectivity index (χ2n) is 6.66. The molecule has 5 heteroatoms. The summed E-state index contributed by atoms with van der Waals surface area (Å²) in [5.41, 5.74) is 1.60. The van der Waals surface area contributed by atoms with Crippen LogP contribution >= 0.6 is 0 Å². The molecular weight excluding hydrogens is 290 g/mol. The fourth-order valence-corrected chi connectivity index (χ4v) is 4.05. The van der Waals surface area contributed by atoms with E-state index in [1.807, 2.05) is 4.68 Å². The summed E-state index contributed by atoms with van der Waals surface area (Å²) in [7, 11) is 0. The fourth-order valence-electron chi connectivity index (χ4n) is 4.05. The van der Waals surface area contributed by atoms with E-state index in [-0.39, 0.29) is 11.2 Å². The van der Waals surface area contributed by atoms with Crippen LogP contribution in [0.15, 0.2) is 43.0 Å². The monoisotopic (exact) mass is 313 g/mol. The predicted octanol–water partition coefficient (Wildman–Crippen LogP) is 2.92. The summed E-state index contributed by atoms with van der Waals surface area (Å²) < 4.78 is 13.8. The van der Waals surface area contributed by atoms with Crippen molar-refractivity contribution in [2.75, 3.05) is 13.2 Å². The Hall–Kier alpha value is -1.72. The SMILES string of the molecule is c1ccc(C2(CCn3cncn3)CCC3(CC2)OCCO3)cc1. The van der Waals surface area contributed by atoms with Crippen molar-refractivity contribution in [1.82, 2.24) is 14.8 Å². The lowest BCUT2D eigenvalue weighted by molar-refractivity contribution is -0.185. The number of rotatable bonds is 4. The van der Waals surface area contributed by atoms with Gasteiger partial charge in [-0.15, -0.1) is 0 Å². The lowest BCUT2D eigenvalue weighted by Gasteiger charge is -2.44. The van der Waals surface area contributed by atoms with Crippen molar-refractivity contribution in [3.63, 3.8) is 0 Å². The number of hydrogen-bond donors (Lipinski definition) is 0. The van der Waals surface area contributed by atoms with Gasteiger partial charge in [0.15, 0.2) is 5.79 Å². The molecule has 1 aromatic heterocycles. The van der Waals surface area contributed by atoms with Crippen molar-refractivity contribution in [2.45, 2.75) is 49.9 Å². The summed E-state index contributed by atoms with van der Waals surface area (Å²) in [6, 6.07) is 10.9. The molecule has 4 rings (SSSR count). The fraction of sp³-hybridized carbons (Fsp3) is 0.556. The molecule has 1 aliphatic carbocycles. The Morgan fingerprint density at radius 2 is 1.74 bits per heavy atom. The van der Waals surface area contributed by atoms with Gasteiger partial charge >= 0.3 is 0 Å². The first-order chi connectivity index (χ1) is 11.3. The number of benzene rings is 1. The third-order valence-electron chi connectivity index (χ3n) is 5.45. The molecule has 0 N–H and O–H groups in total. The topological polar surface area (TPSA) is 49.2 Å². The number of nitrogens with zero attached hydrogens (tertiary/aromatic N) is 3. The largest absolute Gasteiger partial charge is 0.348 e. The minimum absolute atomic E-state index is 0.174. The molecule has 2 fully saturated rings. The van der Waals surface area contributed by atoms with Crippen molar-refractivity contribution in [3.05, 3.63) is 48.5 Å². The van der Waals surface area contributed by atoms with Crippen LogP contribution in [0.5, 0.6) is 0 Å². The van der Waals surface area contributed by atoms with Crippen LogP contribution < -0.4 is 0 Å². The molecule has 122 valence electrons. The smallest absolute Gasteiger partial charge is 0.168 e. The highest BCUT2D eigenvalue weighted by atomic mass is 16.7. The van der Waals surface area contributed by atoms with Gasteiger partial charge in [-0.1, -0.05) is 30.3 Å². The Balaban J connectivity index is 1.55. The van der Waals surface area contributed by atoms with E-state index in [2.05, 4.69) is 40.4 Å². The van der Waals surface area contributed by atoms with E-state index in [1.54, 1.807) is 12.7 Å². The third kappa shape index (κ3) is 2.91. The van der Waals surface area contributed by atoms with Gasteiger partial charge in [0.1, 0.15) is 12.7 Å². The molecule has 0 atom stereocenters. The Bertz CT molecular complexity index is 611. The highest BCUT2D eigenvalue weighted by molar-refractivity contribution is 5.26. The van der Waals surface area contributed by atoms with E-state index in [0.29, 0.717) is 0 Å². The maximum atomic E-state index is 5.91. The lowest BCUT2D eigenvalue weighted by atomic mass is 9.66. The Kier molecular flexibility index (Phi) is 3.91. The van der Waals surface area contributed by atoms with Gasteiger partial charge in [-0.3, -0.25) is 4.68 Å². The molecule has 1 aromatic carbocycles. The average molecular weight is 313 g/mol. The van der Waals surface area contributed by atoms with Crippen molar-refractivity contribution >= 4 is 0 Å². The van der Waals surface area contributed by atoms with Gasteiger partial charge in [0.2, 0.25) is 0 Å². The standard InChI is InChI=1S/C18H23N3O2/c1-2-4-16(5-3-1)17(10-11-21-15-19-14-20-21)6-8-18(9-7-17)22-12-13-23-18/h1-5,14-15H,6-13H2. The highest BCUT2D eigenvalue weighted by Gasteiger charge is 2.46. The molecule has 1 spiro atoms. The molecule has 0 radical (unpaired) electrons. The summed E-state index contributed by atoms with van der Waals surface area (Å²) in [5, 5.41) is 4.25. The van der Waals surface area contributed by atoms with Crippen molar-refractivity contribution in [3.8, 4) is 0 Å². The zero-order valence-corrected chi connectivity index (χ0v) is 13.4. The Labute approximate surface area is 136 Å². The Morgan fingerprint density at radius 3 is 2.39 bits per heavy atom. The first-order valence-electron chi connectivity index (χ1n) is 8.46. The Morgan fingerprint density at radius 1 is 1.00 bits per heavy atom. The van der Waals surface area contributed by atoms with Crippen LogP contribution in [0.25, 0.3) is 0 Å². The van der Waals surface area contributed by atoms with Crippen LogP contribution in [0.1, 0.15) is 37.7 Å². The minimum atomic E-state index is -0.314. The number of aryl methyl sites for hydroxylation is 1. The lowest BCUT2D eigenvalue weighted by Crippen LogP contribution is -2.42. The molecule has 2 heterocycles. The third-order valence-corrected chi connectivity index (χ3v) is 5.45. The van der Waals surface area contributed by atoms with Crippen LogP contribution in [0.2, 0.25) is 0 Å². The molecule has 1 saturated carbocycles. The zero-order chi connectivity index (χ0) is 15.6. The molecule has 2 aromatic rings. The first kappa shape index (κ1) is 14.8. The van der Waals surface area contributed by atoms with E-state index in [9.17, 15) is 0 Å². The molecule has 5 nitrogen and oxygen atoms in total. The van der Waals surface area contributed by atoms with E-state index in [0.717, 1.165) is 51.9 Å². The van der Waals surface area contributed by atoms with Crippen LogP contribution in [-0.4, -0.2) is 33.8 Å². The highest BCUT2D eigenvalue weighted by Crippen LogP contribution is 2.48. The van der Waals surface area contributed by atoms with Gasteiger partial charge in [-0.2, -0.15) is 5.10 Å². The van der Waals surface area contributed by atoms with Crippen LogP contribution in [0, 0.1) is 0 Å². The van der Waals surface area contributed by atoms with Gasteiger partial charge in [0.05, 0.1) is 13.2 Å². The second kappa shape index (κ2) is 6.06. The number of aromatic nitrogens is 3. The van der Waals surface area contributed by atoms with Crippen molar-refractivity contribution in [1.29, 1.82) is 0 Å².